The lowest BCUT2D eigenvalue weighted by Gasteiger charge is -2.21. The van der Waals surface area contributed by atoms with Gasteiger partial charge in [-0.05, 0) is 44.7 Å². The average Bonchev–Trinajstić information content (AvgIpc) is 2.87. The van der Waals surface area contributed by atoms with E-state index >= 15 is 0 Å². The number of nitrogens with zero attached hydrogens (tertiary/aromatic N) is 3. The highest BCUT2D eigenvalue weighted by Crippen LogP contribution is 2.22. The van der Waals surface area contributed by atoms with Crippen LogP contribution in [-0.2, 0) is 9.53 Å². The van der Waals surface area contributed by atoms with Gasteiger partial charge in [0.25, 0.3) is 0 Å². The number of aryl methyl sites for hydroxylation is 2. The van der Waals surface area contributed by atoms with E-state index in [4.69, 9.17) is 14.7 Å². The molecule has 0 spiro atoms. The normalized spacial score (nSPS) is 18.0. The molecule has 0 amide bonds. The van der Waals surface area contributed by atoms with Crippen molar-refractivity contribution in [3.63, 3.8) is 0 Å². The number of rotatable bonds is 5. The van der Waals surface area contributed by atoms with E-state index in [0.717, 1.165) is 54.9 Å². The first-order valence-corrected chi connectivity index (χ1v) is 9.37. The van der Waals surface area contributed by atoms with E-state index in [9.17, 15) is 4.79 Å². The first-order valence-electron chi connectivity index (χ1n) is 9.37. The smallest absolute Gasteiger partial charge is 0.306 e. The molecular formula is C20H28N4O2. The molecule has 1 fully saturated rings. The van der Waals surface area contributed by atoms with Gasteiger partial charge in [-0.1, -0.05) is 12.1 Å². The Morgan fingerprint density at radius 3 is 2.92 bits per heavy atom. The first-order chi connectivity index (χ1) is 12.6. The van der Waals surface area contributed by atoms with E-state index in [1.165, 1.54) is 12.7 Å². The Balaban J connectivity index is 1.65. The maximum absolute atomic E-state index is 11.2. The van der Waals surface area contributed by atoms with Gasteiger partial charge in [-0.25, -0.2) is 9.97 Å². The quantitative estimate of drug-likeness (QED) is 0.831. The van der Waals surface area contributed by atoms with Crippen molar-refractivity contribution in [3.8, 4) is 0 Å². The SMILES string of the molecule is COC(=O)CCN[C@@H]1CCCN(c2nc(C)c3ccc(C)cc3n2)CC1. The Bertz CT molecular complexity index is 778. The van der Waals surface area contributed by atoms with Crippen LogP contribution < -0.4 is 10.2 Å². The van der Waals surface area contributed by atoms with Gasteiger partial charge in [0, 0.05) is 31.1 Å². The minimum Gasteiger partial charge on any atom is -0.469 e. The Kier molecular flexibility index (Phi) is 6.04. The number of carbonyl (C=O) groups is 1. The molecule has 1 aliphatic heterocycles. The predicted molar refractivity (Wildman–Crippen MR) is 103 cm³/mol. The second kappa shape index (κ2) is 8.45. The van der Waals surface area contributed by atoms with Crippen LogP contribution in [0.2, 0.25) is 0 Å². The number of hydrogen-bond donors (Lipinski definition) is 1. The molecule has 140 valence electrons. The molecule has 0 aliphatic carbocycles. The number of fused-ring (bicyclic) bond motifs is 1. The summed E-state index contributed by atoms with van der Waals surface area (Å²) < 4.78 is 4.69. The summed E-state index contributed by atoms with van der Waals surface area (Å²) in [7, 11) is 1.43. The largest absolute Gasteiger partial charge is 0.469 e. The molecule has 1 aliphatic rings. The zero-order valence-corrected chi connectivity index (χ0v) is 15.9. The van der Waals surface area contributed by atoms with Crippen LogP contribution in [0.25, 0.3) is 10.9 Å². The van der Waals surface area contributed by atoms with E-state index in [1.807, 2.05) is 0 Å². The van der Waals surface area contributed by atoms with Crippen molar-refractivity contribution in [1.82, 2.24) is 15.3 Å². The van der Waals surface area contributed by atoms with Crippen molar-refractivity contribution in [1.29, 1.82) is 0 Å². The molecule has 0 bridgehead atoms. The van der Waals surface area contributed by atoms with Crippen molar-refractivity contribution in [2.75, 3.05) is 31.6 Å². The molecular weight excluding hydrogens is 328 g/mol. The Morgan fingerprint density at radius 1 is 1.27 bits per heavy atom. The van der Waals surface area contributed by atoms with Crippen molar-refractivity contribution in [2.24, 2.45) is 0 Å². The molecule has 0 unspecified atom stereocenters. The standard InChI is InChI=1S/C20H28N4O2/c1-14-6-7-17-15(2)22-20(23-18(17)13-14)24-11-4-5-16(9-12-24)21-10-8-19(25)26-3/h6-7,13,16,21H,4-5,8-12H2,1-3H3/t16-/m1/s1. The van der Waals surface area contributed by atoms with Crippen LogP contribution in [0.15, 0.2) is 18.2 Å². The highest BCUT2D eigenvalue weighted by molar-refractivity contribution is 5.82. The summed E-state index contributed by atoms with van der Waals surface area (Å²) in [6.07, 6.45) is 3.63. The zero-order chi connectivity index (χ0) is 18.5. The monoisotopic (exact) mass is 356 g/mol. The molecule has 1 atom stereocenters. The lowest BCUT2D eigenvalue weighted by Crippen LogP contribution is -2.33. The number of nitrogens with one attached hydrogen (secondary N) is 1. The van der Waals surface area contributed by atoms with Gasteiger partial charge in [0.2, 0.25) is 5.95 Å². The van der Waals surface area contributed by atoms with Crippen molar-refractivity contribution in [2.45, 2.75) is 45.6 Å². The Labute approximate surface area is 155 Å². The second-order valence-corrected chi connectivity index (χ2v) is 7.02. The van der Waals surface area contributed by atoms with E-state index in [-0.39, 0.29) is 5.97 Å². The number of aromatic nitrogens is 2. The lowest BCUT2D eigenvalue weighted by atomic mass is 10.1. The van der Waals surface area contributed by atoms with Gasteiger partial charge >= 0.3 is 5.97 Å². The number of carbonyl (C=O) groups excluding carboxylic acids is 1. The minimum atomic E-state index is -0.164. The first kappa shape index (κ1) is 18.6. The molecule has 0 saturated carbocycles. The Hall–Kier alpha value is -2.21. The molecule has 3 rings (SSSR count). The van der Waals surface area contributed by atoms with E-state index in [1.54, 1.807) is 0 Å². The van der Waals surface area contributed by atoms with Gasteiger partial charge in [0.05, 0.1) is 24.7 Å². The third-order valence-electron chi connectivity index (χ3n) is 5.03. The molecule has 2 heterocycles. The topological polar surface area (TPSA) is 67.3 Å². The van der Waals surface area contributed by atoms with Crippen molar-refractivity contribution in [3.05, 3.63) is 29.5 Å². The third kappa shape index (κ3) is 4.49. The average molecular weight is 356 g/mol. The van der Waals surface area contributed by atoms with E-state index < -0.39 is 0 Å². The molecule has 6 nitrogen and oxygen atoms in total. The zero-order valence-electron chi connectivity index (χ0n) is 15.9. The van der Waals surface area contributed by atoms with E-state index in [0.29, 0.717) is 19.0 Å². The number of ether oxygens (including phenoxy) is 1. The molecule has 1 N–H and O–H groups in total. The fraction of sp³-hybridized carbons (Fsp3) is 0.550. The lowest BCUT2D eigenvalue weighted by molar-refractivity contribution is -0.140. The number of hydrogen-bond acceptors (Lipinski definition) is 6. The second-order valence-electron chi connectivity index (χ2n) is 7.02. The highest BCUT2D eigenvalue weighted by Gasteiger charge is 2.19. The maximum Gasteiger partial charge on any atom is 0.306 e. The summed E-state index contributed by atoms with van der Waals surface area (Å²) >= 11 is 0. The van der Waals surface area contributed by atoms with Crippen LogP contribution in [0.5, 0.6) is 0 Å². The minimum absolute atomic E-state index is 0.164. The summed E-state index contributed by atoms with van der Waals surface area (Å²) in [5.41, 5.74) is 3.26. The molecule has 1 saturated heterocycles. The van der Waals surface area contributed by atoms with Gasteiger partial charge < -0.3 is 15.0 Å². The molecule has 2 aromatic rings. The summed E-state index contributed by atoms with van der Waals surface area (Å²) in [6.45, 7) is 6.70. The summed E-state index contributed by atoms with van der Waals surface area (Å²) in [5, 5.41) is 4.60. The van der Waals surface area contributed by atoms with Gasteiger partial charge in [-0.2, -0.15) is 0 Å². The molecule has 1 aromatic carbocycles. The van der Waals surface area contributed by atoms with Gasteiger partial charge in [-0.3, -0.25) is 4.79 Å². The van der Waals surface area contributed by atoms with Crippen LogP contribution in [-0.4, -0.2) is 48.7 Å². The van der Waals surface area contributed by atoms with Crippen molar-refractivity contribution < 1.29 is 9.53 Å². The van der Waals surface area contributed by atoms with Crippen molar-refractivity contribution >= 4 is 22.8 Å². The van der Waals surface area contributed by atoms with Crippen LogP contribution >= 0.6 is 0 Å². The van der Waals surface area contributed by atoms with E-state index in [2.05, 4.69) is 42.3 Å². The number of methoxy groups -OCH3 is 1. The predicted octanol–water partition coefficient (Wildman–Crippen LogP) is 2.76. The third-order valence-corrected chi connectivity index (χ3v) is 5.03. The summed E-state index contributed by atoms with van der Waals surface area (Å²) in [5.74, 6) is 0.666. The molecule has 1 aromatic heterocycles. The molecule has 26 heavy (non-hydrogen) atoms. The van der Waals surface area contributed by atoms with Crippen LogP contribution in [0.4, 0.5) is 5.95 Å². The van der Waals surface area contributed by atoms with Gasteiger partial charge in [0.15, 0.2) is 0 Å². The molecule has 0 radical (unpaired) electrons. The number of benzene rings is 1. The van der Waals surface area contributed by atoms with Crippen LogP contribution in [0.3, 0.4) is 0 Å². The summed E-state index contributed by atoms with van der Waals surface area (Å²) in [4.78, 5) is 23.1. The fourth-order valence-electron chi connectivity index (χ4n) is 3.51. The van der Waals surface area contributed by atoms with Crippen LogP contribution in [0, 0.1) is 13.8 Å². The maximum atomic E-state index is 11.2. The number of esters is 1. The van der Waals surface area contributed by atoms with Gasteiger partial charge in [-0.15, -0.1) is 0 Å². The Morgan fingerprint density at radius 2 is 2.12 bits per heavy atom. The summed E-state index contributed by atoms with van der Waals surface area (Å²) in [6, 6.07) is 6.76. The number of anilines is 1. The fourth-order valence-corrected chi connectivity index (χ4v) is 3.51. The molecule has 6 heteroatoms. The van der Waals surface area contributed by atoms with Crippen LogP contribution in [0.1, 0.15) is 36.9 Å². The highest BCUT2D eigenvalue weighted by atomic mass is 16.5. The van der Waals surface area contributed by atoms with Gasteiger partial charge in [0.1, 0.15) is 0 Å².